The lowest BCUT2D eigenvalue weighted by atomic mass is 10.0. The van der Waals surface area contributed by atoms with Crippen molar-refractivity contribution in [2.24, 2.45) is 11.6 Å². The fourth-order valence-electron chi connectivity index (χ4n) is 5.68. The first-order valence-electron chi connectivity index (χ1n) is 15.9. The number of nitrogens with one attached hydrogen (secondary N) is 4. The van der Waals surface area contributed by atoms with E-state index in [9.17, 15) is 14.4 Å². The molecule has 0 saturated carbocycles. The molecule has 0 radical (unpaired) electrons. The van der Waals surface area contributed by atoms with Crippen LogP contribution < -0.4 is 33.0 Å². The van der Waals surface area contributed by atoms with Gasteiger partial charge in [0.2, 0.25) is 11.8 Å². The van der Waals surface area contributed by atoms with Crippen molar-refractivity contribution < 1.29 is 28.6 Å². The lowest BCUT2D eigenvalue weighted by molar-refractivity contribution is -0.147. The Kier molecular flexibility index (Phi) is 14.3. The number of fused-ring (bicyclic) bond motifs is 1. The third-order valence-corrected chi connectivity index (χ3v) is 9.57. The molecule has 260 valence electrons. The van der Waals surface area contributed by atoms with Crippen molar-refractivity contribution in [1.82, 2.24) is 26.3 Å². The molecule has 3 atom stereocenters. The van der Waals surface area contributed by atoms with Crippen LogP contribution >= 0.6 is 11.8 Å². The molecule has 2 fully saturated rings. The monoisotopic (exact) mass is 657 g/mol. The maximum absolute atomic E-state index is 12.9. The summed E-state index contributed by atoms with van der Waals surface area (Å²) in [5.74, 6) is 6.14. The number of amides is 4. The van der Waals surface area contributed by atoms with Crippen LogP contribution in [0.2, 0.25) is 0 Å². The number of primary amides is 1. The second-order valence-electron chi connectivity index (χ2n) is 14.2. The average molecular weight is 658 g/mol. The molecule has 2 aliphatic rings. The fourth-order valence-corrected chi connectivity index (χ4v) is 7.32. The Balaban J connectivity index is 1.79. The van der Waals surface area contributed by atoms with Gasteiger partial charge < -0.3 is 46.2 Å². The number of carbonyl (C=O) groups is 3. The number of hydrogen-bond acceptors (Lipinski definition) is 10. The molecule has 0 spiro atoms. The molecule has 2 heterocycles. The van der Waals surface area contributed by atoms with E-state index < -0.39 is 22.5 Å². The molecule has 13 nitrogen and oxygen atoms in total. The minimum Gasteiger partial charge on any atom is -0.382 e. The van der Waals surface area contributed by atoms with Gasteiger partial charge in [-0.15, -0.1) is 0 Å². The van der Waals surface area contributed by atoms with Crippen molar-refractivity contribution in [3.63, 3.8) is 0 Å². The number of carbonyl (C=O) groups excluding carboxylic acids is 3. The zero-order valence-corrected chi connectivity index (χ0v) is 29.7. The van der Waals surface area contributed by atoms with Gasteiger partial charge in [0.15, 0.2) is 0 Å². The van der Waals surface area contributed by atoms with E-state index in [1.165, 1.54) is 0 Å². The first-order chi connectivity index (χ1) is 20.8. The number of nitrogens with zero attached hydrogens (tertiary/aromatic N) is 1. The van der Waals surface area contributed by atoms with Gasteiger partial charge in [-0.1, -0.05) is 6.42 Å². The first kappa shape index (κ1) is 38.9. The second-order valence-corrected chi connectivity index (χ2v) is 15.5. The van der Waals surface area contributed by atoms with E-state index in [2.05, 4.69) is 21.4 Å². The number of hydrazine groups is 1. The zero-order chi connectivity index (χ0) is 34.1. The summed E-state index contributed by atoms with van der Waals surface area (Å²) in [5.41, 5.74) is 5.70. The van der Waals surface area contributed by atoms with Gasteiger partial charge in [-0.05, 0) is 74.7 Å². The molecule has 2 saturated heterocycles. The van der Waals surface area contributed by atoms with Crippen LogP contribution in [-0.4, -0.2) is 95.2 Å². The van der Waals surface area contributed by atoms with E-state index >= 15 is 0 Å². The highest BCUT2D eigenvalue weighted by Gasteiger charge is 2.46. The highest BCUT2D eigenvalue weighted by Crippen LogP contribution is 2.36. The smallest absolute Gasteiger partial charge is 0.317 e. The molecular formula is C31H59N7O6S. The molecule has 2 rings (SSSR count). The van der Waals surface area contributed by atoms with E-state index in [-0.39, 0.29) is 43.0 Å². The van der Waals surface area contributed by atoms with Gasteiger partial charge in [0.25, 0.3) is 0 Å². The summed E-state index contributed by atoms with van der Waals surface area (Å²) in [7, 11) is 1.86. The van der Waals surface area contributed by atoms with Gasteiger partial charge in [0.1, 0.15) is 11.3 Å². The van der Waals surface area contributed by atoms with E-state index in [1.807, 2.05) is 79.1 Å². The van der Waals surface area contributed by atoms with Crippen molar-refractivity contribution in [3.05, 3.63) is 11.9 Å². The van der Waals surface area contributed by atoms with Gasteiger partial charge >= 0.3 is 6.03 Å². The average Bonchev–Trinajstić information content (AvgIpc) is 3.41. The minimum absolute atomic E-state index is 0.00785. The quantitative estimate of drug-likeness (QED) is 0.0353. The molecule has 3 unspecified atom stereocenters. The van der Waals surface area contributed by atoms with Crippen LogP contribution in [0.1, 0.15) is 93.9 Å². The molecule has 8 N–H and O–H groups in total. The summed E-state index contributed by atoms with van der Waals surface area (Å²) in [6.07, 6.45) is 5.51. The van der Waals surface area contributed by atoms with E-state index in [4.69, 9.17) is 25.8 Å². The van der Waals surface area contributed by atoms with Gasteiger partial charge in [-0.3, -0.25) is 15.4 Å². The Morgan fingerprint density at radius 1 is 1.04 bits per heavy atom. The van der Waals surface area contributed by atoms with Gasteiger partial charge in [-0.2, -0.15) is 11.8 Å². The standard InChI is InChI=1S/C31H59N7O6S/c1-28(2,42-16-14-24(32)39)15-17-43-29(3,4)20-34-23(18-35-33)30(5,6)44-31(7,8)37-25(40)13-11-10-12-22-26-21(19-45-22)36-27(41)38(26)9/h18,21-22,26,34-35H,10-17,19-20,33H2,1-9H3,(H2,32,39)(H,36,41)(H,37,40)/b23-18-. The van der Waals surface area contributed by atoms with Crippen LogP contribution in [0.5, 0.6) is 0 Å². The molecule has 4 amide bonds. The molecule has 0 aliphatic carbocycles. The highest BCUT2D eigenvalue weighted by atomic mass is 32.2. The number of unbranched alkanes of at least 4 members (excludes halogenated alkanes) is 1. The predicted octanol–water partition coefficient (Wildman–Crippen LogP) is 2.45. The molecule has 0 aromatic carbocycles. The lowest BCUT2D eigenvalue weighted by Gasteiger charge is -2.39. The molecule has 0 bridgehead atoms. The van der Waals surface area contributed by atoms with Crippen molar-refractivity contribution in [2.45, 2.75) is 134 Å². The molecular weight excluding hydrogens is 598 g/mol. The zero-order valence-electron chi connectivity index (χ0n) is 28.8. The Hall–Kier alpha value is -2.26. The largest absolute Gasteiger partial charge is 0.382 e. The van der Waals surface area contributed by atoms with Gasteiger partial charge in [-0.25, -0.2) is 4.79 Å². The van der Waals surface area contributed by atoms with Crippen LogP contribution in [0.25, 0.3) is 0 Å². The molecule has 0 aromatic heterocycles. The predicted molar refractivity (Wildman–Crippen MR) is 178 cm³/mol. The van der Waals surface area contributed by atoms with Crippen LogP contribution in [0, 0.1) is 0 Å². The van der Waals surface area contributed by atoms with Crippen LogP contribution in [0.3, 0.4) is 0 Å². The summed E-state index contributed by atoms with van der Waals surface area (Å²) in [6.45, 7) is 16.5. The van der Waals surface area contributed by atoms with E-state index in [0.717, 1.165) is 25.0 Å². The molecule has 14 heteroatoms. The number of likely N-dealkylation sites (N-methyl/N-ethyl adjacent to an activating group) is 1. The van der Waals surface area contributed by atoms with Crippen LogP contribution in [0.15, 0.2) is 11.9 Å². The number of thioether (sulfide) groups is 1. The number of hydrogen-bond donors (Lipinski definition) is 6. The number of nitrogens with two attached hydrogens (primary N) is 2. The van der Waals surface area contributed by atoms with E-state index in [1.54, 1.807) is 6.20 Å². The topological polar surface area (TPSA) is 182 Å². The van der Waals surface area contributed by atoms with Crippen molar-refractivity contribution in [3.8, 4) is 0 Å². The minimum atomic E-state index is -0.949. The Labute approximate surface area is 274 Å². The molecule has 0 aromatic rings. The maximum Gasteiger partial charge on any atom is 0.317 e. The highest BCUT2D eigenvalue weighted by molar-refractivity contribution is 8.00. The third-order valence-electron chi connectivity index (χ3n) is 8.07. The normalized spacial score (nSPS) is 21.0. The maximum atomic E-state index is 12.9. The number of urea groups is 1. The van der Waals surface area contributed by atoms with Crippen molar-refractivity contribution in [2.75, 3.05) is 32.6 Å². The number of ether oxygens (including phenoxy) is 3. The van der Waals surface area contributed by atoms with Crippen LogP contribution in [-0.2, 0) is 23.8 Å². The third kappa shape index (κ3) is 13.2. The summed E-state index contributed by atoms with van der Waals surface area (Å²) < 4.78 is 18.4. The fraction of sp³-hybridized carbons (Fsp3) is 0.839. The second kappa shape index (κ2) is 16.5. The van der Waals surface area contributed by atoms with Gasteiger partial charge in [0.05, 0.1) is 42.2 Å². The first-order valence-corrected chi connectivity index (χ1v) is 17.0. The molecule has 2 aliphatic heterocycles. The van der Waals surface area contributed by atoms with Crippen molar-refractivity contribution >= 4 is 29.6 Å². The van der Waals surface area contributed by atoms with E-state index in [0.29, 0.717) is 36.9 Å². The summed E-state index contributed by atoms with van der Waals surface area (Å²) in [5, 5.41) is 9.87. The summed E-state index contributed by atoms with van der Waals surface area (Å²) >= 11 is 1.91. The summed E-state index contributed by atoms with van der Waals surface area (Å²) in [4.78, 5) is 37.6. The molecule has 45 heavy (non-hydrogen) atoms. The van der Waals surface area contributed by atoms with Gasteiger partial charge in [0, 0.05) is 43.6 Å². The Bertz CT molecular complexity index is 1040. The van der Waals surface area contributed by atoms with Crippen LogP contribution in [0.4, 0.5) is 4.79 Å². The Morgan fingerprint density at radius 3 is 2.36 bits per heavy atom. The van der Waals surface area contributed by atoms with Crippen molar-refractivity contribution in [1.29, 1.82) is 0 Å². The Morgan fingerprint density at radius 2 is 1.71 bits per heavy atom. The summed E-state index contributed by atoms with van der Waals surface area (Å²) in [6, 6.07) is 0.463. The number of rotatable bonds is 21. The lowest BCUT2D eigenvalue weighted by Crippen LogP contribution is -2.53. The SMILES string of the molecule is CN1C(=O)NC2CSC(CCCCC(=O)NC(C)(C)OC(C)(C)/C(=C/NN)NCC(C)(C)OCCC(C)(C)OCCC(N)=O)C21.